The molecule has 1 amide bonds. The van der Waals surface area contributed by atoms with E-state index in [2.05, 4.69) is 5.32 Å². The first-order chi connectivity index (χ1) is 18.0. The SMILES string of the molecule is CC(C)(C)OC(=O)NCCC(=O)Oc1ccc(C(=O)Oc2ccc3c4c(c(=O)oc3c2)CCCC4)cc1Cl. The molecule has 0 fully saturated rings. The van der Waals surface area contributed by atoms with Gasteiger partial charge < -0.3 is 23.9 Å². The zero-order valence-electron chi connectivity index (χ0n) is 21.4. The van der Waals surface area contributed by atoms with Crippen LogP contribution in [0.4, 0.5) is 4.79 Å². The third kappa shape index (κ3) is 6.72. The van der Waals surface area contributed by atoms with Crippen molar-refractivity contribution in [3.8, 4) is 11.5 Å². The minimum atomic E-state index is -0.689. The largest absolute Gasteiger partial charge is 0.444 e. The number of carbonyl (C=O) groups is 3. The minimum Gasteiger partial charge on any atom is -0.444 e. The fraction of sp³-hybridized carbons (Fsp3) is 0.357. The normalized spacial score (nSPS) is 12.9. The van der Waals surface area contributed by atoms with Crippen LogP contribution in [0.3, 0.4) is 0 Å². The average Bonchev–Trinajstić information content (AvgIpc) is 2.84. The Balaban J connectivity index is 1.37. The number of ether oxygens (including phenoxy) is 3. The molecule has 1 aromatic heterocycles. The number of benzene rings is 2. The number of alkyl carbamates (subject to hydrolysis) is 1. The molecule has 200 valence electrons. The maximum Gasteiger partial charge on any atom is 0.407 e. The predicted molar refractivity (Wildman–Crippen MR) is 140 cm³/mol. The van der Waals surface area contributed by atoms with E-state index in [4.69, 9.17) is 30.2 Å². The summed E-state index contributed by atoms with van der Waals surface area (Å²) in [5, 5.41) is 3.34. The lowest BCUT2D eigenvalue weighted by Crippen LogP contribution is -2.34. The van der Waals surface area contributed by atoms with Gasteiger partial charge in [0.15, 0.2) is 0 Å². The highest BCUT2D eigenvalue weighted by atomic mass is 35.5. The van der Waals surface area contributed by atoms with Crippen molar-refractivity contribution in [1.82, 2.24) is 5.32 Å². The second-order valence-corrected chi connectivity index (χ2v) is 10.3. The van der Waals surface area contributed by atoms with Gasteiger partial charge in [-0.15, -0.1) is 0 Å². The van der Waals surface area contributed by atoms with E-state index >= 15 is 0 Å². The van der Waals surface area contributed by atoms with Gasteiger partial charge in [-0.05, 0) is 82.3 Å². The molecule has 2 aromatic carbocycles. The Kier molecular flexibility index (Phi) is 8.06. The van der Waals surface area contributed by atoms with Crippen LogP contribution in [0.1, 0.15) is 61.5 Å². The van der Waals surface area contributed by atoms with Crippen LogP contribution in [0.25, 0.3) is 11.0 Å². The van der Waals surface area contributed by atoms with E-state index in [0.717, 1.165) is 35.8 Å². The molecule has 0 bridgehead atoms. The van der Waals surface area contributed by atoms with Crippen molar-refractivity contribution >= 4 is 40.6 Å². The molecule has 10 heteroatoms. The highest BCUT2D eigenvalue weighted by molar-refractivity contribution is 6.32. The molecule has 0 aliphatic heterocycles. The summed E-state index contributed by atoms with van der Waals surface area (Å²) in [6.07, 6.45) is 2.74. The average molecular weight is 542 g/mol. The second-order valence-electron chi connectivity index (χ2n) is 9.90. The zero-order valence-corrected chi connectivity index (χ0v) is 22.1. The van der Waals surface area contributed by atoms with E-state index in [1.165, 1.54) is 24.3 Å². The number of hydrogen-bond acceptors (Lipinski definition) is 8. The highest BCUT2D eigenvalue weighted by Gasteiger charge is 2.20. The molecule has 1 aliphatic carbocycles. The number of nitrogens with one attached hydrogen (secondary N) is 1. The maximum atomic E-state index is 12.7. The predicted octanol–water partition coefficient (Wildman–Crippen LogP) is 5.36. The first-order valence-corrected chi connectivity index (χ1v) is 12.7. The number of hydrogen-bond donors (Lipinski definition) is 1. The molecular weight excluding hydrogens is 514 g/mol. The van der Waals surface area contributed by atoms with Gasteiger partial charge in [-0.1, -0.05) is 11.6 Å². The molecule has 1 heterocycles. The van der Waals surface area contributed by atoms with Crippen LogP contribution in [-0.2, 0) is 22.4 Å². The molecule has 4 rings (SSSR count). The van der Waals surface area contributed by atoms with Gasteiger partial charge in [-0.3, -0.25) is 4.79 Å². The minimum absolute atomic E-state index is 0.0183. The Hall–Kier alpha value is -3.85. The van der Waals surface area contributed by atoms with Gasteiger partial charge in [0, 0.05) is 23.6 Å². The molecule has 0 unspecified atom stereocenters. The van der Waals surface area contributed by atoms with Crippen molar-refractivity contribution in [1.29, 1.82) is 0 Å². The van der Waals surface area contributed by atoms with Crippen LogP contribution in [0.5, 0.6) is 11.5 Å². The molecule has 0 atom stereocenters. The van der Waals surface area contributed by atoms with Crippen LogP contribution >= 0.6 is 11.6 Å². The number of esters is 2. The molecule has 38 heavy (non-hydrogen) atoms. The molecule has 1 aliphatic rings. The Morgan fingerprint density at radius 2 is 1.74 bits per heavy atom. The zero-order chi connectivity index (χ0) is 27.4. The number of amides is 1. The molecule has 9 nitrogen and oxygen atoms in total. The number of carbonyl (C=O) groups excluding carboxylic acids is 3. The third-order valence-corrected chi connectivity index (χ3v) is 6.09. The summed E-state index contributed by atoms with van der Waals surface area (Å²) in [5.41, 5.74) is 1.22. The highest BCUT2D eigenvalue weighted by Crippen LogP contribution is 2.30. The van der Waals surface area contributed by atoms with E-state index in [9.17, 15) is 19.2 Å². The monoisotopic (exact) mass is 541 g/mol. The standard InChI is InChI=1S/C28H28ClNO8/c1-28(2,3)38-27(34)30-13-12-24(31)36-22-11-8-16(14-21(22)29)25(32)35-17-9-10-19-18-6-4-5-7-20(18)26(33)37-23(19)15-17/h8-11,14-15H,4-7,12-13H2,1-3H3,(H,30,34). The number of aryl methyl sites for hydroxylation is 1. The van der Waals surface area contributed by atoms with Crippen molar-refractivity contribution < 1.29 is 33.0 Å². The molecule has 0 spiro atoms. The molecular formula is C28H28ClNO8. The van der Waals surface area contributed by atoms with E-state index in [1.54, 1.807) is 32.9 Å². The van der Waals surface area contributed by atoms with Crippen molar-refractivity contribution in [3.05, 3.63) is 68.5 Å². The Morgan fingerprint density at radius 1 is 1.00 bits per heavy atom. The van der Waals surface area contributed by atoms with E-state index in [-0.39, 0.29) is 40.7 Å². The number of fused-ring (bicyclic) bond motifs is 3. The summed E-state index contributed by atoms with van der Waals surface area (Å²) < 4.78 is 21.3. The smallest absolute Gasteiger partial charge is 0.407 e. The lowest BCUT2D eigenvalue weighted by atomic mass is 9.91. The van der Waals surface area contributed by atoms with E-state index in [1.807, 2.05) is 0 Å². The number of rotatable bonds is 6. The van der Waals surface area contributed by atoms with Crippen LogP contribution in [-0.4, -0.2) is 30.2 Å². The Morgan fingerprint density at radius 3 is 2.45 bits per heavy atom. The summed E-state index contributed by atoms with van der Waals surface area (Å²) in [4.78, 5) is 48.8. The van der Waals surface area contributed by atoms with Gasteiger partial charge in [0.05, 0.1) is 17.0 Å². The Bertz CT molecular complexity index is 1450. The van der Waals surface area contributed by atoms with Gasteiger partial charge in [-0.2, -0.15) is 0 Å². The molecule has 3 aromatic rings. The van der Waals surface area contributed by atoms with Crippen LogP contribution in [0.15, 0.2) is 45.6 Å². The van der Waals surface area contributed by atoms with E-state index in [0.29, 0.717) is 12.0 Å². The second kappa shape index (κ2) is 11.3. The molecule has 0 radical (unpaired) electrons. The first-order valence-electron chi connectivity index (χ1n) is 12.3. The summed E-state index contributed by atoms with van der Waals surface area (Å²) in [6.45, 7) is 5.21. The van der Waals surface area contributed by atoms with Crippen LogP contribution in [0, 0.1) is 0 Å². The molecule has 1 N–H and O–H groups in total. The summed E-state index contributed by atoms with van der Waals surface area (Å²) >= 11 is 6.22. The maximum absolute atomic E-state index is 12.7. The lowest BCUT2D eigenvalue weighted by molar-refractivity contribution is -0.134. The van der Waals surface area contributed by atoms with Crippen molar-refractivity contribution in [2.75, 3.05) is 6.54 Å². The quantitative estimate of drug-likeness (QED) is 0.251. The third-order valence-electron chi connectivity index (χ3n) is 5.79. The molecule has 0 saturated heterocycles. The van der Waals surface area contributed by atoms with Crippen molar-refractivity contribution in [3.63, 3.8) is 0 Å². The van der Waals surface area contributed by atoms with E-state index < -0.39 is 23.6 Å². The lowest BCUT2D eigenvalue weighted by Gasteiger charge is -2.19. The molecule has 0 saturated carbocycles. The van der Waals surface area contributed by atoms with Crippen molar-refractivity contribution in [2.45, 2.75) is 58.5 Å². The van der Waals surface area contributed by atoms with Gasteiger partial charge in [0.25, 0.3) is 0 Å². The fourth-order valence-electron chi connectivity index (χ4n) is 4.12. The van der Waals surface area contributed by atoms with Crippen LogP contribution < -0.4 is 20.4 Å². The summed E-state index contributed by atoms with van der Waals surface area (Å²) in [5.74, 6) is -1.04. The fourth-order valence-corrected chi connectivity index (χ4v) is 4.34. The number of halogens is 1. The van der Waals surface area contributed by atoms with Crippen molar-refractivity contribution in [2.24, 2.45) is 0 Å². The van der Waals surface area contributed by atoms with Gasteiger partial charge in [0.2, 0.25) is 0 Å². The first kappa shape index (κ1) is 27.2. The van der Waals surface area contributed by atoms with Gasteiger partial charge >= 0.3 is 23.7 Å². The Labute approximate surface area is 224 Å². The topological polar surface area (TPSA) is 121 Å². The summed E-state index contributed by atoms with van der Waals surface area (Å²) in [6, 6.07) is 9.07. The summed E-state index contributed by atoms with van der Waals surface area (Å²) in [7, 11) is 0. The van der Waals surface area contributed by atoms with Crippen LogP contribution in [0.2, 0.25) is 5.02 Å². The van der Waals surface area contributed by atoms with Gasteiger partial charge in [-0.25, -0.2) is 14.4 Å². The van der Waals surface area contributed by atoms with Gasteiger partial charge in [0.1, 0.15) is 22.7 Å².